The molecule has 2 saturated heterocycles. The zero-order chi connectivity index (χ0) is 10.2. The van der Waals surface area contributed by atoms with Crippen LogP contribution < -0.4 is 5.32 Å². The van der Waals surface area contributed by atoms with Crippen LogP contribution in [0.2, 0.25) is 0 Å². The highest BCUT2D eigenvalue weighted by molar-refractivity contribution is 4.74. The minimum Gasteiger partial charge on any atom is -0.378 e. The normalized spacial score (nSPS) is 28.3. The zero-order valence-electron chi connectivity index (χ0n) is 9.72. The van der Waals surface area contributed by atoms with Gasteiger partial charge in [-0.15, -0.1) is 0 Å². The molecule has 0 bridgehead atoms. The summed E-state index contributed by atoms with van der Waals surface area (Å²) in [5.41, 5.74) is 0. The van der Waals surface area contributed by atoms with Crippen LogP contribution in [0.15, 0.2) is 0 Å². The average molecular weight is 199 g/mol. The van der Waals surface area contributed by atoms with Crippen molar-refractivity contribution >= 4 is 0 Å². The minimum atomic E-state index is 0.605. The summed E-state index contributed by atoms with van der Waals surface area (Å²) >= 11 is 0. The first kappa shape index (κ1) is 12.0. The molecule has 1 atom stereocenters. The van der Waals surface area contributed by atoms with E-state index in [1.165, 1.54) is 45.2 Å². The summed E-state index contributed by atoms with van der Waals surface area (Å²) in [6, 6.07) is 0. The molecule has 0 saturated carbocycles. The molecule has 2 aliphatic rings. The van der Waals surface area contributed by atoms with E-state index in [0.29, 0.717) is 6.10 Å². The second kappa shape index (κ2) is 7.24. The lowest BCUT2D eigenvalue weighted by Crippen LogP contribution is -2.29. The molecule has 2 fully saturated rings. The maximum absolute atomic E-state index is 5.64. The van der Waals surface area contributed by atoms with Crippen molar-refractivity contribution < 1.29 is 4.74 Å². The smallest absolute Gasteiger partial charge is 0.0578 e. The van der Waals surface area contributed by atoms with Crippen LogP contribution in [-0.4, -0.2) is 25.8 Å². The molecule has 2 rings (SSSR count). The number of ether oxygens (including phenoxy) is 1. The van der Waals surface area contributed by atoms with Crippen LogP contribution in [0.25, 0.3) is 0 Å². The van der Waals surface area contributed by atoms with E-state index >= 15 is 0 Å². The Morgan fingerprint density at radius 3 is 2.43 bits per heavy atom. The lowest BCUT2D eigenvalue weighted by Gasteiger charge is -2.24. The lowest BCUT2D eigenvalue weighted by molar-refractivity contribution is 0.0844. The standard InChI is InChI=1S/C10H19NO.C2H6/c1-2-10(12-7-1)8-9-3-5-11-6-4-9;1-2/h9-11H,1-8H2;1-2H3. The number of hydrogen-bond acceptors (Lipinski definition) is 2. The Balaban J connectivity index is 0.000000461. The van der Waals surface area contributed by atoms with Gasteiger partial charge in [0.1, 0.15) is 0 Å². The first-order valence-electron chi connectivity index (χ1n) is 6.27. The second-order valence-corrected chi connectivity index (χ2v) is 4.06. The van der Waals surface area contributed by atoms with Gasteiger partial charge in [-0.05, 0) is 51.1 Å². The van der Waals surface area contributed by atoms with E-state index in [0.717, 1.165) is 12.5 Å². The Kier molecular flexibility index (Phi) is 6.20. The maximum atomic E-state index is 5.64. The predicted octanol–water partition coefficient (Wildman–Crippen LogP) is 2.58. The fraction of sp³-hybridized carbons (Fsp3) is 1.00. The van der Waals surface area contributed by atoms with E-state index in [4.69, 9.17) is 4.74 Å². The van der Waals surface area contributed by atoms with Gasteiger partial charge in [-0.2, -0.15) is 0 Å². The topological polar surface area (TPSA) is 21.3 Å². The maximum Gasteiger partial charge on any atom is 0.0578 e. The first-order chi connectivity index (χ1) is 6.95. The van der Waals surface area contributed by atoms with Crippen molar-refractivity contribution in [1.29, 1.82) is 0 Å². The van der Waals surface area contributed by atoms with Crippen LogP contribution in [0.5, 0.6) is 0 Å². The third-order valence-corrected chi connectivity index (χ3v) is 3.08. The molecule has 0 aromatic rings. The molecule has 1 unspecified atom stereocenters. The van der Waals surface area contributed by atoms with Gasteiger partial charge >= 0.3 is 0 Å². The molecular weight excluding hydrogens is 174 g/mol. The summed E-state index contributed by atoms with van der Waals surface area (Å²) < 4.78 is 5.64. The predicted molar refractivity (Wildman–Crippen MR) is 60.5 cm³/mol. The zero-order valence-corrected chi connectivity index (χ0v) is 9.72. The van der Waals surface area contributed by atoms with Gasteiger partial charge in [-0.3, -0.25) is 0 Å². The van der Waals surface area contributed by atoms with Crippen LogP contribution in [-0.2, 0) is 4.74 Å². The molecule has 2 aliphatic heterocycles. The van der Waals surface area contributed by atoms with Crippen molar-refractivity contribution in [2.45, 2.75) is 52.1 Å². The molecule has 0 aromatic heterocycles. The van der Waals surface area contributed by atoms with Gasteiger partial charge in [0.2, 0.25) is 0 Å². The average Bonchev–Trinajstić information content (AvgIpc) is 2.75. The van der Waals surface area contributed by atoms with Gasteiger partial charge in [0.25, 0.3) is 0 Å². The third kappa shape index (κ3) is 3.97. The first-order valence-corrected chi connectivity index (χ1v) is 6.27. The molecule has 0 radical (unpaired) electrons. The molecule has 2 heteroatoms. The van der Waals surface area contributed by atoms with Gasteiger partial charge in [-0.1, -0.05) is 13.8 Å². The van der Waals surface area contributed by atoms with Gasteiger partial charge in [0.15, 0.2) is 0 Å². The Hall–Kier alpha value is -0.0800. The van der Waals surface area contributed by atoms with Crippen LogP contribution in [0.4, 0.5) is 0 Å². The SMILES string of the molecule is C1COC(CC2CCNCC2)C1.CC. The molecule has 2 nitrogen and oxygen atoms in total. The number of hydrogen-bond donors (Lipinski definition) is 1. The Bertz CT molecular complexity index is 126. The Morgan fingerprint density at radius 1 is 1.14 bits per heavy atom. The highest BCUT2D eigenvalue weighted by atomic mass is 16.5. The fourth-order valence-corrected chi connectivity index (χ4v) is 2.32. The van der Waals surface area contributed by atoms with Crippen molar-refractivity contribution in [3.63, 3.8) is 0 Å². The summed E-state index contributed by atoms with van der Waals surface area (Å²) in [5, 5.41) is 3.40. The minimum absolute atomic E-state index is 0.605. The molecule has 0 aromatic carbocycles. The van der Waals surface area contributed by atoms with Crippen LogP contribution >= 0.6 is 0 Å². The van der Waals surface area contributed by atoms with Crippen molar-refractivity contribution in [3.8, 4) is 0 Å². The van der Waals surface area contributed by atoms with E-state index in [1.807, 2.05) is 13.8 Å². The summed E-state index contributed by atoms with van der Waals surface area (Å²) in [6.07, 6.45) is 7.24. The van der Waals surface area contributed by atoms with Gasteiger partial charge < -0.3 is 10.1 Å². The number of piperidine rings is 1. The van der Waals surface area contributed by atoms with Crippen LogP contribution in [0, 0.1) is 5.92 Å². The molecule has 84 valence electrons. The van der Waals surface area contributed by atoms with Crippen molar-refractivity contribution in [3.05, 3.63) is 0 Å². The Morgan fingerprint density at radius 2 is 1.86 bits per heavy atom. The van der Waals surface area contributed by atoms with Crippen LogP contribution in [0.1, 0.15) is 46.0 Å². The quantitative estimate of drug-likeness (QED) is 0.738. The summed E-state index contributed by atoms with van der Waals surface area (Å²) in [7, 11) is 0. The van der Waals surface area contributed by atoms with Crippen molar-refractivity contribution in [1.82, 2.24) is 5.32 Å². The third-order valence-electron chi connectivity index (χ3n) is 3.08. The lowest BCUT2D eigenvalue weighted by atomic mass is 9.91. The summed E-state index contributed by atoms with van der Waals surface area (Å²) in [6.45, 7) is 7.45. The highest BCUT2D eigenvalue weighted by Crippen LogP contribution is 2.24. The molecule has 0 amide bonds. The monoisotopic (exact) mass is 199 g/mol. The summed E-state index contributed by atoms with van der Waals surface area (Å²) in [5.74, 6) is 0.939. The molecule has 0 aliphatic carbocycles. The largest absolute Gasteiger partial charge is 0.378 e. The number of rotatable bonds is 2. The van der Waals surface area contributed by atoms with Crippen molar-refractivity contribution in [2.24, 2.45) is 5.92 Å². The molecule has 2 heterocycles. The molecule has 14 heavy (non-hydrogen) atoms. The highest BCUT2D eigenvalue weighted by Gasteiger charge is 2.21. The van der Waals surface area contributed by atoms with Gasteiger partial charge in [0, 0.05) is 6.61 Å². The van der Waals surface area contributed by atoms with E-state index in [9.17, 15) is 0 Å². The summed E-state index contributed by atoms with van der Waals surface area (Å²) in [4.78, 5) is 0. The second-order valence-electron chi connectivity index (χ2n) is 4.06. The van der Waals surface area contributed by atoms with E-state index in [1.54, 1.807) is 0 Å². The molecule has 0 spiro atoms. The van der Waals surface area contributed by atoms with E-state index in [-0.39, 0.29) is 0 Å². The van der Waals surface area contributed by atoms with Gasteiger partial charge in [0.05, 0.1) is 6.10 Å². The number of nitrogens with one attached hydrogen (secondary N) is 1. The van der Waals surface area contributed by atoms with Crippen molar-refractivity contribution in [2.75, 3.05) is 19.7 Å². The van der Waals surface area contributed by atoms with E-state index < -0.39 is 0 Å². The molecular formula is C12H25NO. The fourth-order valence-electron chi connectivity index (χ4n) is 2.32. The Labute approximate surface area is 88.4 Å². The molecule has 1 N–H and O–H groups in total. The van der Waals surface area contributed by atoms with Gasteiger partial charge in [-0.25, -0.2) is 0 Å². The van der Waals surface area contributed by atoms with E-state index in [2.05, 4.69) is 5.32 Å². The van der Waals surface area contributed by atoms with Crippen LogP contribution in [0.3, 0.4) is 0 Å².